The van der Waals surface area contributed by atoms with E-state index < -0.39 is 5.60 Å². The topological polar surface area (TPSA) is 143 Å². The molecule has 4 aromatic carbocycles. The first-order valence-electron chi connectivity index (χ1n) is 21.5. The van der Waals surface area contributed by atoms with Crippen LogP contribution in [0.5, 0.6) is 5.75 Å². The number of nitrogens with one attached hydrogen (secondary N) is 2. The highest BCUT2D eigenvalue weighted by Crippen LogP contribution is 2.42. The minimum absolute atomic E-state index is 0.0256. The summed E-state index contributed by atoms with van der Waals surface area (Å²) in [6.07, 6.45) is 8.60. The van der Waals surface area contributed by atoms with Crippen LogP contribution in [-0.4, -0.2) is 88.5 Å². The highest BCUT2D eigenvalue weighted by atomic mass is 19.1. The molecule has 2 aliphatic rings. The van der Waals surface area contributed by atoms with Crippen LogP contribution in [0, 0.1) is 17.1 Å². The smallest absolute Gasteiger partial charge is 0.327 e. The number of halogens is 1. The average Bonchev–Trinajstić information content (AvgIpc) is 4.10. The zero-order valence-electron chi connectivity index (χ0n) is 36.0. The SMILES string of the molecule is CC[C@H](NC(=O)N(C=N)c1ccc(N2CCN(c3ccc(OC[C@@H]4CO[C@@](Cn5cncn5)(c5ccc(-n6c[n+](C)cn6)cc5F)C4)cc3)CC2)cc1)[C@H](C)OCc1ccccc1. The number of urea groups is 1. The van der Waals surface area contributed by atoms with Crippen LogP contribution in [0.3, 0.4) is 0 Å². The zero-order chi connectivity index (χ0) is 43.8. The van der Waals surface area contributed by atoms with Crippen molar-refractivity contribution in [1.29, 1.82) is 5.41 Å². The third-order valence-corrected chi connectivity index (χ3v) is 11.9. The fourth-order valence-electron chi connectivity index (χ4n) is 8.41. The van der Waals surface area contributed by atoms with Crippen LogP contribution in [0.4, 0.5) is 26.2 Å². The van der Waals surface area contributed by atoms with E-state index in [1.165, 1.54) is 17.3 Å². The van der Waals surface area contributed by atoms with E-state index in [-0.39, 0.29) is 29.9 Å². The molecule has 6 aromatic rings. The molecule has 0 bridgehead atoms. The number of hydrogen-bond acceptors (Lipinski definition) is 10. The number of hydrogen-bond donors (Lipinski definition) is 2. The van der Waals surface area contributed by atoms with Crippen molar-refractivity contribution < 1.29 is 28.0 Å². The number of piperazine rings is 1. The van der Waals surface area contributed by atoms with Gasteiger partial charge in [-0.25, -0.2) is 23.4 Å². The molecule has 2 aliphatic heterocycles. The van der Waals surface area contributed by atoms with Gasteiger partial charge in [-0.15, -0.1) is 0 Å². The van der Waals surface area contributed by atoms with Crippen molar-refractivity contribution in [3.63, 3.8) is 0 Å². The molecule has 4 heterocycles. The van der Waals surface area contributed by atoms with Gasteiger partial charge < -0.3 is 29.3 Å². The molecule has 4 atom stereocenters. The van der Waals surface area contributed by atoms with Crippen molar-refractivity contribution in [2.75, 3.05) is 54.1 Å². The van der Waals surface area contributed by atoms with Gasteiger partial charge in [-0.2, -0.15) is 5.10 Å². The first-order valence-corrected chi connectivity index (χ1v) is 21.5. The monoisotopic (exact) mass is 856 g/mol. The fourth-order valence-corrected chi connectivity index (χ4v) is 8.41. The Hall–Kier alpha value is -6.65. The van der Waals surface area contributed by atoms with Crippen LogP contribution in [0.15, 0.2) is 122 Å². The Morgan fingerprint density at radius 3 is 2.32 bits per heavy atom. The molecule has 0 radical (unpaired) electrons. The quantitative estimate of drug-likeness (QED) is 0.0617. The average molecular weight is 857 g/mol. The third-order valence-electron chi connectivity index (χ3n) is 11.9. The second-order valence-corrected chi connectivity index (χ2v) is 16.2. The normalized spacial score (nSPS) is 18.5. The predicted molar refractivity (Wildman–Crippen MR) is 238 cm³/mol. The van der Waals surface area contributed by atoms with Gasteiger partial charge in [-0.05, 0) is 86.0 Å². The Kier molecular flexibility index (Phi) is 13.4. The van der Waals surface area contributed by atoms with Gasteiger partial charge in [0.15, 0.2) is 0 Å². The van der Waals surface area contributed by atoms with Gasteiger partial charge >= 0.3 is 6.03 Å². The summed E-state index contributed by atoms with van der Waals surface area (Å²) in [5.74, 6) is 0.418. The molecule has 0 spiro atoms. The number of anilines is 3. The Labute approximate surface area is 367 Å². The molecule has 16 heteroatoms. The lowest BCUT2D eigenvalue weighted by Gasteiger charge is -2.37. The van der Waals surface area contributed by atoms with E-state index in [9.17, 15) is 4.79 Å². The molecular weight excluding hydrogens is 802 g/mol. The van der Waals surface area contributed by atoms with E-state index in [2.05, 4.69) is 42.4 Å². The second kappa shape index (κ2) is 19.6. The lowest BCUT2D eigenvalue weighted by Crippen LogP contribution is -2.48. The van der Waals surface area contributed by atoms with Gasteiger partial charge in [0.05, 0.1) is 57.6 Å². The predicted octanol–water partition coefficient (Wildman–Crippen LogP) is 6.27. The molecule has 2 saturated heterocycles. The van der Waals surface area contributed by atoms with Crippen molar-refractivity contribution in [1.82, 2.24) is 29.9 Å². The maximum absolute atomic E-state index is 15.9. The number of ether oxygens (including phenoxy) is 3. The first kappa shape index (κ1) is 43.0. The van der Waals surface area contributed by atoms with Gasteiger partial charge in [0.25, 0.3) is 6.33 Å². The molecule has 63 heavy (non-hydrogen) atoms. The second-order valence-electron chi connectivity index (χ2n) is 16.2. The minimum Gasteiger partial charge on any atom is -0.493 e. The van der Waals surface area contributed by atoms with E-state index in [1.807, 2.05) is 93.7 Å². The maximum atomic E-state index is 15.9. The van der Waals surface area contributed by atoms with Crippen molar-refractivity contribution in [2.45, 2.75) is 57.6 Å². The number of carbonyl (C=O) groups excluding carboxylic acids is 1. The summed E-state index contributed by atoms with van der Waals surface area (Å²) < 4.78 is 39.8. The molecule has 0 unspecified atom stereocenters. The van der Waals surface area contributed by atoms with Gasteiger partial charge in [-0.1, -0.05) is 41.9 Å². The highest BCUT2D eigenvalue weighted by molar-refractivity contribution is 6.06. The number of amides is 2. The molecule has 2 amide bonds. The van der Waals surface area contributed by atoms with Gasteiger partial charge in [0.2, 0.25) is 6.33 Å². The summed E-state index contributed by atoms with van der Waals surface area (Å²) in [5, 5.41) is 19.7. The number of aryl methyl sites for hydroxylation is 1. The summed E-state index contributed by atoms with van der Waals surface area (Å²) in [4.78, 5) is 23.4. The first-order chi connectivity index (χ1) is 30.7. The fraction of sp³-hybridized carbons (Fsp3) is 0.362. The van der Waals surface area contributed by atoms with E-state index in [4.69, 9.17) is 19.6 Å². The summed E-state index contributed by atoms with van der Waals surface area (Å²) >= 11 is 0. The lowest BCUT2D eigenvalue weighted by atomic mass is 9.86. The molecule has 328 valence electrons. The Bertz CT molecular complexity index is 2410. The highest BCUT2D eigenvalue weighted by Gasteiger charge is 2.45. The largest absolute Gasteiger partial charge is 0.493 e. The van der Waals surface area contributed by atoms with Gasteiger partial charge in [0, 0.05) is 60.2 Å². The van der Waals surface area contributed by atoms with E-state index in [0.717, 1.165) is 55.2 Å². The molecule has 2 aromatic heterocycles. The third kappa shape index (κ3) is 10.2. The number of benzene rings is 4. The van der Waals surface area contributed by atoms with Crippen LogP contribution >= 0.6 is 0 Å². The van der Waals surface area contributed by atoms with Crippen LogP contribution < -0.4 is 29.3 Å². The number of carbonyl (C=O) groups is 1. The molecule has 15 nitrogen and oxygen atoms in total. The molecule has 2 N–H and O–H groups in total. The summed E-state index contributed by atoms with van der Waals surface area (Å²) in [5.41, 5.74) is 4.02. The van der Waals surface area contributed by atoms with Crippen molar-refractivity contribution >= 4 is 29.4 Å². The van der Waals surface area contributed by atoms with Crippen LogP contribution in [0.1, 0.15) is 37.8 Å². The molecule has 0 saturated carbocycles. The standard InChI is InChI=1S/C47H54FN11O4/c1-4-45(35(2)61-26-36-8-6-5-7-9-36)53-46(60)58(30-49)40-12-10-38(11-13-40)55-20-22-56(23-21-55)39-14-17-42(18-15-39)62-27-37-25-47(63-28-37,29-57-32-50-31-51-57)43-19-16-41(24-44(43)48)59-34-54(3)33-52-59/h5-19,24,30-35,37,45,49H,4,20-23,25-29H2,1-3H3/p+1/t35-,37+,45-,47-/m0/s1. The number of rotatable bonds is 17. The minimum atomic E-state index is -0.944. The van der Waals surface area contributed by atoms with Gasteiger partial charge in [-0.3, -0.25) is 10.3 Å². The van der Waals surface area contributed by atoms with E-state index >= 15 is 4.39 Å². The zero-order valence-corrected chi connectivity index (χ0v) is 36.0. The van der Waals surface area contributed by atoms with Crippen molar-refractivity contribution in [2.24, 2.45) is 13.0 Å². The van der Waals surface area contributed by atoms with E-state index in [0.29, 0.717) is 56.1 Å². The number of aromatic nitrogens is 6. The van der Waals surface area contributed by atoms with Crippen LogP contribution in [-0.2, 0) is 35.3 Å². The summed E-state index contributed by atoms with van der Waals surface area (Å²) in [6.45, 7) is 8.92. The molecule has 2 fully saturated rings. The number of nitrogens with zero attached hydrogens (tertiary/aromatic N) is 9. The van der Waals surface area contributed by atoms with Crippen LogP contribution in [0.2, 0.25) is 0 Å². The van der Waals surface area contributed by atoms with Crippen LogP contribution in [0.25, 0.3) is 5.69 Å². The lowest BCUT2D eigenvalue weighted by molar-refractivity contribution is -0.672. The Balaban J connectivity index is 0.817. The summed E-state index contributed by atoms with van der Waals surface area (Å²) in [6, 6.07) is 30.5. The van der Waals surface area contributed by atoms with Crippen molar-refractivity contribution in [3.8, 4) is 11.4 Å². The summed E-state index contributed by atoms with van der Waals surface area (Å²) in [7, 11) is 1.87. The molecule has 8 rings (SSSR count). The molecule has 0 aliphatic carbocycles. The Morgan fingerprint density at radius 2 is 1.70 bits per heavy atom. The molecular formula is C47H55FN11O4+. The maximum Gasteiger partial charge on any atom is 0.327 e. The Morgan fingerprint density at radius 1 is 1.00 bits per heavy atom. The van der Waals surface area contributed by atoms with Gasteiger partial charge in [0.1, 0.15) is 35.5 Å². The van der Waals surface area contributed by atoms with E-state index in [1.54, 1.807) is 39.0 Å². The van der Waals surface area contributed by atoms with Crippen molar-refractivity contribution in [3.05, 3.63) is 139 Å².